The lowest BCUT2D eigenvalue weighted by Gasteiger charge is -2.25. The summed E-state index contributed by atoms with van der Waals surface area (Å²) in [6.45, 7) is 6.94. The molecule has 0 saturated carbocycles. The van der Waals surface area contributed by atoms with Gasteiger partial charge in [-0.25, -0.2) is 8.42 Å². The summed E-state index contributed by atoms with van der Waals surface area (Å²) in [7, 11) is -1.23. The summed E-state index contributed by atoms with van der Waals surface area (Å²) in [6, 6.07) is 0.0416. The molecule has 0 saturated heterocycles. The molecule has 14 heavy (non-hydrogen) atoms. The summed E-state index contributed by atoms with van der Waals surface area (Å²) in [5.74, 6) is 0.245. The van der Waals surface area contributed by atoms with Gasteiger partial charge in [0.25, 0.3) is 0 Å². The van der Waals surface area contributed by atoms with Crippen LogP contribution in [0, 0.1) is 0 Å². The van der Waals surface area contributed by atoms with Crippen LogP contribution in [0.15, 0.2) is 0 Å². The monoisotopic (exact) mass is 222 g/mol. The maximum absolute atomic E-state index is 11.8. The van der Waals surface area contributed by atoms with Crippen LogP contribution in [0.2, 0.25) is 0 Å². The Hall–Kier alpha value is -0.130. The molecule has 0 aromatic heterocycles. The van der Waals surface area contributed by atoms with E-state index in [1.54, 1.807) is 4.31 Å². The number of hydrogen-bond donors (Lipinski definition) is 1. The highest BCUT2D eigenvalue weighted by Gasteiger charge is 2.22. The lowest BCUT2D eigenvalue weighted by atomic mass is 10.4. The molecule has 0 atom stereocenters. The molecular formula is C9H22N2O2S. The Bertz CT molecular complexity index is 237. The number of sulfonamides is 1. The third kappa shape index (κ3) is 4.39. The smallest absolute Gasteiger partial charge is 0.214 e. The molecule has 0 unspecified atom stereocenters. The Morgan fingerprint density at radius 2 is 1.93 bits per heavy atom. The van der Waals surface area contributed by atoms with E-state index in [0.717, 1.165) is 0 Å². The zero-order valence-corrected chi connectivity index (χ0v) is 10.4. The first kappa shape index (κ1) is 13.9. The first-order chi connectivity index (χ1) is 6.45. The van der Waals surface area contributed by atoms with Crippen molar-refractivity contribution < 1.29 is 8.42 Å². The second-order valence-electron chi connectivity index (χ2n) is 3.62. The molecule has 0 aliphatic heterocycles. The zero-order chi connectivity index (χ0) is 11.2. The Morgan fingerprint density at radius 3 is 2.29 bits per heavy atom. The van der Waals surface area contributed by atoms with Gasteiger partial charge in [-0.15, -0.1) is 0 Å². The van der Waals surface area contributed by atoms with Gasteiger partial charge in [0.2, 0.25) is 10.0 Å². The molecule has 0 fully saturated rings. The molecule has 0 aliphatic carbocycles. The molecule has 0 bridgehead atoms. The third-order valence-electron chi connectivity index (χ3n) is 1.98. The van der Waals surface area contributed by atoms with Crippen LogP contribution in [0.1, 0.15) is 27.2 Å². The van der Waals surface area contributed by atoms with Crippen molar-refractivity contribution >= 4 is 10.0 Å². The van der Waals surface area contributed by atoms with Crippen LogP contribution in [0.25, 0.3) is 0 Å². The fourth-order valence-corrected chi connectivity index (χ4v) is 3.08. The van der Waals surface area contributed by atoms with Crippen molar-refractivity contribution in [2.75, 3.05) is 25.9 Å². The van der Waals surface area contributed by atoms with Crippen LogP contribution >= 0.6 is 0 Å². The Labute approximate surface area is 87.7 Å². The number of nitrogens with zero attached hydrogens (tertiary/aromatic N) is 1. The second-order valence-corrected chi connectivity index (χ2v) is 5.67. The van der Waals surface area contributed by atoms with Crippen LogP contribution in [-0.4, -0.2) is 44.7 Å². The largest absolute Gasteiger partial charge is 0.318 e. The third-order valence-corrected chi connectivity index (χ3v) is 4.22. The van der Waals surface area contributed by atoms with Crippen molar-refractivity contribution in [2.45, 2.75) is 33.2 Å². The molecule has 0 aromatic carbocycles. The average Bonchev–Trinajstić information content (AvgIpc) is 2.03. The van der Waals surface area contributed by atoms with Gasteiger partial charge in [0.1, 0.15) is 0 Å². The highest BCUT2D eigenvalue weighted by Crippen LogP contribution is 2.07. The van der Waals surface area contributed by atoms with Crippen molar-refractivity contribution in [3.05, 3.63) is 0 Å². The molecule has 0 rings (SSSR count). The van der Waals surface area contributed by atoms with E-state index in [2.05, 4.69) is 5.32 Å². The highest BCUT2D eigenvalue weighted by atomic mass is 32.2. The molecule has 0 amide bonds. The summed E-state index contributed by atoms with van der Waals surface area (Å²) in [4.78, 5) is 0. The van der Waals surface area contributed by atoms with Crippen molar-refractivity contribution in [3.63, 3.8) is 0 Å². The van der Waals surface area contributed by atoms with E-state index in [0.29, 0.717) is 19.5 Å². The summed E-state index contributed by atoms with van der Waals surface area (Å²) in [5, 5.41) is 2.96. The fourth-order valence-electron chi connectivity index (χ4n) is 1.32. The van der Waals surface area contributed by atoms with Gasteiger partial charge in [-0.05, 0) is 27.3 Å². The molecule has 5 heteroatoms. The maximum atomic E-state index is 11.8. The standard InChI is InChI=1S/C9H22N2O2S/c1-5-8-14(12,13)11(9(2)3)7-6-10-4/h9-10H,5-8H2,1-4H3. The van der Waals surface area contributed by atoms with E-state index in [1.165, 1.54) is 0 Å². The first-order valence-corrected chi connectivity index (χ1v) is 6.70. The molecule has 1 N–H and O–H groups in total. The molecule has 0 aromatic rings. The lowest BCUT2D eigenvalue weighted by Crippen LogP contribution is -2.41. The van der Waals surface area contributed by atoms with Crippen molar-refractivity contribution in [1.82, 2.24) is 9.62 Å². The lowest BCUT2D eigenvalue weighted by molar-refractivity contribution is 0.354. The number of rotatable bonds is 7. The van der Waals surface area contributed by atoms with Gasteiger partial charge in [0.15, 0.2) is 0 Å². The van der Waals surface area contributed by atoms with Crippen LogP contribution < -0.4 is 5.32 Å². The summed E-state index contributed by atoms with van der Waals surface area (Å²) in [6.07, 6.45) is 0.672. The van der Waals surface area contributed by atoms with E-state index in [1.807, 2.05) is 27.8 Å². The first-order valence-electron chi connectivity index (χ1n) is 5.09. The van der Waals surface area contributed by atoms with Gasteiger partial charge in [-0.1, -0.05) is 6.92 Å². The quantitative estimate of drug-likeness (QED) is 0.688. The number of hydrogen-bond acceptors (Lipinski definition) is 3. The maximum Gasteiger partial charge on any atom is 0.214 e. The molecule has 0 heterocycles. The summed E-state index contributed by atoms with van der Waals surface area (Å²) >= 11 is 0. The molecule has 0 aliphatic rings. The summed E-state index contributed by atoms with van der Waals surface area (Å²) in [5.41, 5.74) is 0. The normalized spacial score (nSPS) is 12.7. The SMILES string of the molecule is CCCS(=O)(=O)N(CCNC)C(C)C. The van der Waals surface area contributed by atoms with Crippen LogP contribution in [0.3, 0.4) is 0 Å². The minimum atomic E-state index is -3.05. The summed E-state index contributed by atoms with van der Waals surface area (Å²) < 4.78 is 25.1. The van der Waals surface area contributed by atoms with Gasteiger partial charge >= 0.3 is 0 Å². The topological polar surface area (TPSA) is 49.4 Å². The van der Waals surface area contributed by atoms with E-state index in [4.69, 9.17) is 0 Å². The molecule has 4 nitrogen and oxygen atoms in total. The predicted octanol–water partition coefficient (Wildman–Crippen LogP) is 0.656. The molecule has 0 radical (unpaired) electrons. The molecule has 86 valence electrons. The van der Waals surface area contributed by atoms with Crippen molar-refractivity contribution in [3.8, 4) is 0 Å². The Balaban J connectivity index is 4.48. The number of likely N-dealkylation sites (N-methyl/N-ethyl adjacent to an activating group) is 1. The van der Waals surface area contributed by atoms with Gasteiger partial charge in [-0.2, -0.15) is 4.31 Å². The minimum absolute atomic E-state index is 0.0416. The van der Waals surface area contributed by atoms with Crippen LogP contribution in [0.5, 0.6) is 0 Å². The minimum Gasteiger partial charge on any atom is -0.318 e. The zero-order valence-electron chi connectivity index (χ0n) is 9.58. The van der Waals surface area contributed by atoms with E-state index in [-0.39, 0.29) is 11.8 Å². The van der Waals surface area contributed by atoms with Gasteiger partial charge in [0.05, 0.1) is 5.75 Å². The second kappa shape index (κ2) is 6.37. The van der Waals surface area contributed by atoms with Gasteiger partial charge in [0, 0.05) is 19.1 Å². The van der Waals surface area contributed by atoms with E-state index < -0.39 is 10.0 Å². The van der Waals surface area contributed by atoms with Crippen molar-refractivity contribution in [2.24, 2.45) is 0 Å². The van der Waals surface area contributed by atoms with Crippen LogP contribution in [0.4, 0.5) is 0 Å². The number of nitrogens with one attached hydrogen (secondary N) is 1. The average molecular weight is 222 g/mol. The van der Waals surface area contributed by atoms with Crippen molar-refractivity contribution in [1.29, 1.82) is 0 Å². The molecular weight excluding hydrogens is 200 g/mol. The Kier molecular flexibility index (Phi) is 6.31. The van der Waals surface area contributed by atoms with E-state index in [9.17, 15) is 8.42 Å². The van der Waals surface area contributed by atoms with E-state index >= 15 is 0 Å². The fraction of sp³-hybridized carbons (Fsp3) is 1.00. The van der Waals surface area contributed by atoms with Gasteiger partial charge < -0.3 is 5.32 Å². The molecule has 0 spiro atoms. The van der Waals surface area contributed by atoms with Crippen LogP contribution in [-0.2, 0) is 10.0 Å². The van der Waals surface area contributed by atoms with Gasteiger partial charge in [-0.3, -0.25) is 0 Å². The highest BCUT2D eigenvalue weighted by molar-refractivity contribution is 7.89. The Morgan fingerprint density at radius 1 is 1.36 bits per heavy atom. The predicted molar refractivity (Wildman–Crippen MR) is 59.8 cm³/mol.